The van der Waals surface area contributed by atoms with Crippen molar-refractivity contribution in [2.45, 2.75) is 44.8 Å². The van der Waals surface area contributed by atoms with Crippen LogP contribution in [-0.2, 0) is 25.6 Å². The molecule has 7 N–H and O–H groups in total. The van der Waals surface area contributed by atoms with E-state index in [1.807, 2.05) is 13.8 Å². The van der Waals surface area contributed by atoms with E-state index in [0.717, 1.165) is 0 Å². The van der Waals surface area contributed by atoms with E-state index in [-0.39, 0.29) is 31.1 Å². The molecule has 29 heavy (non-hydrogen) atoms. The van der Waals surface area contributed by atoms with Gasteiger partial charge >= 0.3 is 5.97 Å². The Labute approximate surface area is 174 Å². The minimum absolute atomic E-state index is 0.0150. The lowest BCUT2D eigenvalue weighted by atomic mass is 10.0. The molecule has 0 aliphatic rings. The summed E-state index contributed by atoms with van der Waals surface area (Å²) in [6, 6.07) is -3.00. The zero-order valence-corrected chi connectivity index (χ0v) is 17.2. The lowest BCUT2D eigenvalue weighted by Gasteiger charge is -2.23. The van der Waals surface area contributed by atoms with Crippen molar-refractivity contribution in [2.24, 2.45) is 11.7 Å². The van der Waals surface area contributed by atoms with Crippen LogP contribution < -0.4 is 21.7 Å². The molecule has 3 amide bonds. The van der Waals surface area contributed by atoms with Crippen molar-refractivity contribution in [3.63, 3.8) is 0 Å². The monoisotopic (exact) mass is 428 g/mol. The molecule has 12 heteroatoms. The highest BCUT2D eigenvalue weighted by Crippen LogP contribution is 2.07. The molecular formula is C17H28N6O5S. The molecule has 0 radical (unpaired) electrons. The van der Waals surface area contributed by atoms with E-state index < -0.39 is 41.8 Å². The molecule has 0 saturated carbocycles. The van der Waals surface area contributed by atoms with Gasteiger partial charge in [0.05, 0.1) is 18.9 Å². The number of aliphatic carboxylic acids is 1. The lowest BCUT2D eigenvalue weighted by molar-refractivity contribution is -0.142. The Kier molecular flexibility index (Phi) is 10.2. The summed E-state index contributed by atoms with van der Waals surface area (Å²) in [5.41, 5.74) is 6.06. The number of imidazole rings is 1. The number of nitrogens with zero attached hydrogens (tertiary/aromatic N) is 1. The molecule has 1 rings (SSSR count). The van der Waals surface area contributed by atoms with Gasteiger partial charge in [-0.3, -0.25) is 14.4 Å². The summed E-state index contributed by atoms with van der Waals surface area (Å²) >= 11 is 3.91. The second kappa shape index (κ2) is 12.1. The summed E-state index contributed by atoms with van der Waals surface area (Å²) in [5.74, 6) is -2.79. The number of carboxylic acid groups (broad SMARTS) is 1. The van der Waals surface area contributed by atoms with Gasteiger partial charge in [-0.1, -0.05) is 13.8 Å². The van der Waals surface area contributed by atoms with E-state index in [0.29, 0.717) is 5.69 Å². The molecule has 3 unspecified atom stereocenters. The van der Waals surface area contributed by atoms with Crippen LogP contribution in [0.3, 0.4) is 0 Å². The van der Waals surface area contributed by atoms with E-state index in [2.05, 4.69) is 38.5 Å². The fraction of sp³-hybridized carbons (Fsp3) is 0.588. The predicted molar refractivity (Wildman–Crippen MR) is 108 cm³/mol. The van der Waals surface area contributed by atoms with E-state index in [1.54, 1.807) is 0 Å². The van der Waals surface area contributed by atoms with Crippen molar-refractivity contribution < 1.29 is 24.3 Å². The maximum atomic E-state index is 12.6. The van der Waals surface area contributed by atoms with Gasteiger partial charge < -0.3 is 31.8 Å². The highest BCUT2D eigenvalue weighted by Gasteiger charge is 2.27. The van der Waals surface area contributed by atoms with Gasteiger partial charge in [-0.15, -0.1) is 0 Å². The molecule has 162 valence electrons. The molecule has 1 aromatic heterocycles. The molecule has 0 spiro atoms. The number of nitrogens with two attached hydrogens (primary N) is 1. The Morgan fingerprint density at radius 3 is 2.41 bits per heavy atom. The maximum absolute atomic E-state index is 12.6. The maximum Gasteiger partial charge on any atom is 0.326 e. The van der Waals surface area contributed by atoms with Crippen molar-refractivity contribution in [1.82, 2.24) is 25.9 Å². The van der Waals surface area contributed by atoms with Crippen molar-refractivity contribution in [1.29, 1.82) is 0 Å². The second-order valence-corrected chi connectivity index (χ2v) is 7.30. The van der Waals surface area contributed by atoms with E-state index in [1.165, 1.54) is 12.5 Å². The minimum atomic E-state index is -1.21. The summed E-state index contributed by atoms with van der Waals surface area (Å²) in [5, 5.41) is 16.7. The van der Waals surface area contributed by atoms with Crippen molar-refractivity contribution in [2.75, 3.05) is 12.3 Å². The normalized spacial score (nSPS) is 14.0. The summed E-state index contributed by atoms with van der Waals surface area (Å²) in [4.78, 5) is 54.5. The molecule has 11 nitrogen and oxygen atoms in total. The van der Waals surface area contributed by atoms with Gasteiger partial charge in [0.25, 0.3) is 0 Å². The number of nitrogens with one attached hydrogen (secondary N) is 4. The molecule has 3 atom stereocenters. The Morgan fingerprint density at radius 1 is 1.21 bits per heavy atom. The topological polar surface area (TPSA) is 179 Å². The van der Waals surface area contributed by atoms with Gasteiger partial charge in [-0.05, 0) is 12.3 Å². The number of thiol groups is 1. The van der Waals surface area contributed by atoms with Crippen LogP contribution in [0.2, 0.25) is 0 Å². The van der Waals surface area contributed by atoms with Crippen LogP contribution in [0.4, 0.5) is 0 Å². The number of aromatic amines is 1. The number of carbonyl (C=O) groups excluding carboxylic acids is 3. The molecule has 0 saturated heterocycles. The highest BCUT2D eigenvalue weighted by atomic mass is 32.1. The quantitative estimate of drug-likeness (QED) is 0.196. The van der Waals surface area contributed by atoms with Crippen molar-refractivity contribution >= 4 is 36.3 Å². The summed E-state index contributed by atoms with van der Waals surface area (Å²) in [7, 11) is 0. The summed E-state index contributed by atoms with van der Waals surface area (Å²) < 4.78 is 0. The van der Waals surface area contributed by atoms with Gasteiger partial charge in [0, 0.05) is 24.1 Å². The molecule has 0 aliphatic carbocycles. The number of hydrogen-bond donors (Lipinski definition) is 7. The number of carboxylic acids is 1. The first-order valence-corrected chi connectivity index (χ1v) is 9.71. The van der Waals surface area contributed by atoms with Gasteiger partial charge in [-0.25, -0.2) is 9.78 Å². The number of hydrogen-bond acceptors (Lipinski definition) is 7. The van der Waals surface area contributed by atoms with Crippen LogP contribution in [-0.4, -0.2) is 69.2 Å². The lowest BCUT2D eigenvalue weighted by Crippen LogP contribution is -2.54. The summed E-state index contributed by atoms with van der Waals surface area (Å²) in [6.45, 7) is 3.36. The van der Waals surface area contributed by atoms with Crippen LogP contribution >= 0.6 is 12.6 Å². The minimum Gasteiger partial charge on any atom is -0.480 e. The molecule has 0 aliphatic heterocycles. The van der Waals surface area contributed by atoms with Crippen LogP contribution in [0.1, 0.15) is 26.0 Å². The van der Waals surface area contributed by atoms with Crippen LogP contribution in [0.15, 0.2) is 12.5 Å². The third kappa shape index (κ3) is 8.96. The average Bonchev–Trinajstić information content (AvgIpc) is 3.16. The Bertz CT molecular complexity index is 696. The standard InChI is InChI=1S/C17H28N6O5S/c1-9(2)3-12(22-14(24)6-20-15(25)11(18)7-29)16(26)23-13(17(27)28)4-10-5-19-8-21-10/h5,8-9,11-13,29H,3-4,6-7,18H2,1-2H3,(H,19,21)(H,20,25)(H,22,24)(H,23,26)(H,27,28). The molecule has 1 heterocycles. The zero-order chi connectivity index (χ0) is 22.0. The fourth-order valence-corrected chi connectivity index (χ4v) is 2.58. The Morgan fingerprint density at radius 2 is 1.90 bits per heavy atom. The van der Waals surface area contributed by atoms with Crippen LogP contribution in [0, 0.1) is 5.92 Å². The predicted octanol–water partition coefficient (Wildman–Crippen LogP) is -1.57. The van der Waals surface area contributed by atoms with E-state index >= 15 is 0 Å². The highest BCUT2D eigenvalue weighted by molar-refractivity contribution is 7.80. The average molecular weight is 429 g/mol. The van der Waals surface area contributed by atoms with Crippen LogP contribution in [0.25, 0.3) is 0 Å². The Hall–Kier alpha value is -2.60. The SMILES string of the molecule is CC(C)CC(NC(=O)CNC(=O)C(N)CS)C(=O)NC(Cc1cnc[nH]1)C(=O)O. The van der Waals surface area contributed by atoms with Crippen molar-refractivity contribution in [3.05, 3.63) is 18.2 Å². The molecule has 0 aromatic carbocycles. The largest absolute Gasteiger partial charge is 0.480 e. The molecule has 0 fully saturated rings. The number of carbonyl (C=O) groups is 4. The van der Waals surface area contributed by atoms with E-state index in [9.17, 15) is 24.3 Å². The molecule has 0 bridgehead atoms. The van der Waals surface area contributed by atoms with Crippen molar-refractivity contribution in [3.8, 4) is 0 Å². The van der Waals surface area contributed by atoms with Crippen LogP contribution in [0.5, 0.6) is 0 Å². The first-order valence-electron chi connectivity index (χ1n) is 9.08. The first-order chi connectivity index (χ1) is 13.6. The second-order valence-electron chi connectivity index (χ2n) is 6.94. The summed E-state index contributed by atoms with van der Waals surface area (Å²) in [6.07, 6.45) is 3.18. The first kappa shape index (κ1) is 24.4. The third-order valence-electron chi connectivity index (χ3n) is 3.91. The molecular weight excluding hydrogens is 400 g/mol. The third-order valence-corrected chi connectivity index (χ3v) is 4.30. The number of rotatable bonds is 12. The van der Waals surface area contributed by atoms with Gasteiger partial charge in [0.15, 0.2) is 0 Å². The fourth-order valence-electron chi connectivity index (χ4n) is 2.42. The molecule has 1 aromatic rings. The van der Waals surface area contributed by atoms with Gasteiger partial charge in [0.1, 0.15) is 12.1 Å². The van der Waals surface area contributed by atoms with Gasteiger partial charge in [0.2, 0.25) is 17.7 Å². The zero-order valence-electron chi connectivity index (χ0n) is 16.3. The number of H-pyrrole nitrogens is 1. The number of aromatic nitrogens is 2. The smallest absolute Gasteiger partial charge is 0.326 e. The number of amides is 3. The van der Waals surface area contributed by atoms with Gasteiger partial charge in [-0.2, -0.15) is 12.6 Å². The van der Waals surface area contributed by atoms with E-state index in [4.69, 9.17) is 5.73 Å². The Balaban J connectivity index is 2.71.